The Labute approximate surface area is 152 Å². The van der Waals surface area contributed by atoms with Gasteiger partial charge in [0.05, 0.1) is 24.9 Å². The van der Waals surface area contributed by atoms with Crippen molar-refractivity contribution in [3.8, 4) is 11.5 Å². The lowest BCUT2D eigenvalue weighted by Crippen LogP contribution is -2.49. The quantitative estimate of drug-likeness (QED) is 0.720. The Morgan fingerprint density at radius 3 is 2.80 bits per heavy atom. The lowest BCUT2D eigenvalue weighted by atomic mass is 10.0. The number of phenols is 1. The zero-order valence-corrected chi connectivity index (χ0v) is 14.9. The second-order valence-electron chi connectivity index (χ2n) is 5.53. The number of fused-ring (bicyclic) bond motifs is 1. The first-order valence-electron chi connectivity index (χ1n) is 7.43. The Kier molecular flexibility index (Phi) is 4.54. The summed E-state index contributed by atoms with van der Waals surface area (Å²) in [5, 5.41) is 13.3. The minimum absolute atomic E-state index is 0.121. The average Bonchev–Trinajstić information content (AvgIpc) is 2.59. The molecule has 4 N–H and O–H groups in total. The molecule has 0 bridgehead atoms. The molecule has 0 aromatic heterocycles. The summed E-state index contributed by atoms with van der Waals surface area (Å²) in [6, 6.07) is 10.2. The number of benzene rings is 2. The van der Waals surface area contributed by atoms with Crippen molar-refractivity contribution in [1.29, 1.82) is 0 Å². The molecule has 0 radical (unpaired) electrons. The van der Waals surface area contributed by atoms with Crippen LogP contribution in [-0.2, 0) is 4.79 Å². The molecule has 0 spiro atoms. The van der Waals surface area contributed by atoms with Gasteiger partial charge in [-0.3, -0.25) is 9.59 Å². The highest BCUT2D eigenvalue weighted by atomic mass is 79.9. The van der Waals surface area contributed by atoms with E-state index in [2.05, 4.69) is 21.2 Å². The maximum Gasteiger partial charge on any atom is 0.255 e. The summed E-state index contributed by atoms with van der Waals surface area (Å²) in [6.07, 6.45) is -0.777. The number of amides is 2. The fourth-order valence-corrected chi connectivity index (χ4v) is 3.34. The SMILES string of the molecule is COc1cc(Br)cc(C2NC(=O)c3ccccc3N2CC(N)=O)c1O. The molecule has 1 unspecified atom stereocenters. The third-order valence-electron chi connectivity index (χ3n) is 3.95. The molecule has 7 nitrogen and oxygen atoms in total. The van der Waals surface area contributed by atoms with E-state index in [4.69, 9.17) is 10.5 Å². The number of anilines is 1. The van der Waals surface area contributed by atoms with Crippen LogP contribution in [-0.4, -0.2) is 30.6 Å². The second kappa shape index (κ2) is 6.64. The number of para-hydroxylation sites is 1. The molecule has 1 aliphatic rings. The van der Waals surface area contributed by atoms with Gasteiger partial charge in [0, 0.05) is 10.0 Å². The van der Waals surface area contributed by atoms with Crippen molar-refractivity contribution in [3.05, 3.63) is 52.0 Å². The summed E-state index contributed by atoms with van der Waals surface area (Å²) in [6.45, 7) is -0.129. The molecule has 1 heterocycles. The van der Waals surface area contributed by atoms with Crippen molar-refractivity contribution >= 4 is 33.4 Å². The van der Waals surface area contributed by atoms with E-state index < -0.39 is 12.1 Å². The van der Waals surface area contributed by atoms with Crippen molar-refractivity contribution in [3.63, 3.8) is 0 Å². The van der Waals surface area contributed by atoms with E-state index in [9.17, 15) is 14.7 Å². The molecule has 2 aromatic carbocycles. The van der Waals surface area contributed by atoms with Crippen LogP contribution in [0.1, 0.15) is 22.1 Å². The van der Waals surface area contributed by atoms with Crippen molar-refractivity contribution in [2.75, 3.05) is 18.6 Å². The van der Waals surface area contributed by atoms with E-state index in [1.165, 1.54) is 7.11 Å². The summed E-state index contributed by atoms with van der Waals surface area (Å²) in [4.78, 5) is 25.7. The van der Waals surface area contributed by atoms with Gasteiger partial charge in [0.2, 0.25) is 5.91 Å². The number of methoxy groups -OCH3 is 1. The van der Waals surface area contributed by atoms with Gasteiger partial charge < -0.3 is 25.8 Å². The molecule has 8 heteroatoms. The maximum absolute atomic E-state index is 12.5. The monoisotopic (exact) mass is 405 g/mol. The summed E-state index contributed by atoms with van der Waals surface area (Å²) >= 11 is 3.36. The number of nitrogens with one attached hydrogen (secondary N) is 1. The number of primary amides is 1. The van der Waals surface area contributed by atoms with Gasteiger partial charge in [-0.1, -0.05) is 28.1 Å². The number of carbonyl (C=O) groups excluding carboxylic acids is 2. The summed E-state index contributed by atoms with van der Waals surface area (Å²) in [5.74, 6) is -0.738. The lowest BCUT2D eigenvalue weighted by Gasteiger charge is -2.38. The van der Waals surface area contributed by atoms with E-state index in [0.717, 1.165) is 0 Å². The normalized spacial score (nSPS) is 16.2. The summed E-state index contributed by atoms with van der Waals surface area (Å²) in [7, 11) is 1.43. The van der Waals surface area contributed by atoms with Crippen molar-refractivity contribution in [2.45, 2.75) is 6.17 Å². The molecule has 130 valence electrons. The number of halogens is 1. The van der Waals surface area contributed by atoms with E-state index in [-0.39, 0.29) is 24.0 Å². The standard InChI is InChI=1S/C17H16BrN3O4/c1-25-13-7-9(18)6-11(15(13)23)16-20-17(24)10-4-2-3-5-12(10)21(16)8-14(19)22/h2-7,16,23H,8H2,1H3,(H2,19,22)(H,20,24). The van der Waals surface area contributed by atoms with Crippen LogP contribution in [0, 0.1) is 0 Å². The van der Waals surface area contributed by atoms with Crippen LogP contribution >= 0.6 is 15.9 Å². The number of nitrogens with zero attached hydrogens (tertiary/aromatic N) is 1. The fourth-order valence-electron chi connectivity index (χ4n) is 2.88. The molecule has 0 saturated carbocycles. The maximum atomic E-state index is 12.5. The minimum atomic E-state index is -0.777. The molecular weight excluding hydrogens is 390 g/mol. The van der Waals surface area contributed by atoms with Gasteiger partial charge in [0.1, 0.15) is 6.17 Å². The third kappa shape index (κ3) is 3.12. The number of rotatable bonds is 4. The van der Waals surface area contributed by atoms with Crippen molar-refractivity contribution in [2.24, 2.45) is 5.73 Å². The number of hydrogen-bond acceptors (Lipinski definition) is 5. The highest BCUT2D eigenvalue weighted by Crippen LogP contribution is 2.41. The Balaban J connectivity index is 2.17. The molecule has 2 aromatic rings. The Hall–Kier alpha value is -2.74. The fraction of sp³-hybridized carbons (Fsp3) is 0.176. The molecule has 0 fully saturated rings. The smallest absolute Gasteiger partial charge is 0.255 e. The van der Waals surface area contributed by atoms with Crippen molar-refractivity contribution < 1.29 is 19.4 Å². The zero-order chi connectivity index (χ0) is 18.1. The number of ether oxygens (including phenoxy) is 1. The number of hydrogen-bond donors (Lipinski definition) is 3. The Morgan fingerprint density at radius 2 is 2.12 bits per heavy atom. The zero-order valence-electron chi connectivity index (χ0n) is 13.3. The summed E-state index contributed by atoms with van der Waals surface area (Å²) < 4.78 is 5.82. The van der Waals surface area contributed by atoms with E-state index in [0.29, 0.717) is 21.3 Å². The number of phenolic OH excluding ortho intramolecular Hbond substituents is 1. The van der Waals surface area contributed by atoms with E-state index >= 15 is 0 Å². The van der Waals surface area contributed by atoms with Gasteiger partial charge in [0.25, 0.3) is 5.91 Å². The summed E-state index contributed by atoms with van der Waals surface area (Å²) in [5.41, 5.74) is 6.77. The molecule has 0 saturated heterocycles. The van der Waals surface area contributed by atoms with Crippen LogP contribution in [0.2, 0.25) is 0 Å². The highest BCUT2D eigenvalue weighted by molar-refractivity contribution is 9.10. The molecule has 3 rings (SSSR count). The molecule has 1 atom stereocenters. The first-order chi connectivity index (χ1) is 11.9. The van der Waals surface area contributed by atoms with Gasteiger partial charge in [-0.05, 0) is 24.3 Å². The second-order valence-corrected chi connectivity index (χ2v) is 6.45. The largest absolute Gasteiger partial charge is 0.504 e. The Bertz CT molecular complexity index is 856. The topological polar surface area (TPSA) is 105 Å². The van der Waals surface area contributed by atoms with Crippen LogP contribution in [0.3, 0.4) is 0 Å². The van der Waals surface area contributed by atoms with Gasteiger partial charge in [-0.25, -0.2) is 0 Å². The van der Waals surface area contributed by atoms with Crippen LogP contribution in [0.4, 0.5) is 5.69 Å². The first kappa shape index (κ1) is 17.1. The molecule has 0 aliphatic carbocycles. The predicted molar refractivity (Wildman–Crippen MR) is 95.5 cm³/mol. The van der Waals surface area contributed by atoms with Crippen LogP contribution in [0.5, 0.6) is 11.5 Å². The Morgan fingerprint density at radius 1 is 1.40 bits per heavy atom. The molecular formula is C17H16BrN3O4. The van der Waals surface area contributed by atoms with Gasteiger partial charge in [-0.15, -0.1) is 0 Å². The highest BCUT2D eigenvalue weighted by Gasteiger charge is 2.34. The third-order valence-corrected chi connectivity index (χ3v) is 4.41. The molecule has 2 amide bonds. The van der Waals surface area contributed by atoms with E-state index in [1.54, 1.807) is 41.3 Å². The van der Waals surface area contributed by atoms with Gasteiger partial charge in [0.15, 0.2) is 11.5 Å². The van der Waals surface area contributed by atoms with Gasteiger partial charge in [-0.2, -0.15) is 0 Å². The molecule has 25 heavy (non-hydrogen) atoms. The number of aromatic hydroxyl groups is 1. The molecule has 1 aliphatic heterocycles. The van der Waals surface area contributed by atoms with Crippen LogP contribution in [0.25, 0.3) is 0 Å². The lowest BCUT2D eigenvalue weighted by molar-refractivity contribution is -0.116. The average molecular weight is 406 g/mol. The number of carbonyl (C=O) groups is 2. The van der Waals surface area contributed by atoms with Gasteiger partial charge >= 0.3 is 0 Å². The predicted octanol–water partition coefficient (Wildman–Crippen LogP) is 1.90. The van der Waals surface area contributed by atoms with Crippen molar-refractivity contribution in [1.82, 2.24) is 5.32 Å². The minimum Gasteiger partial charge on any atom is -0.504 e. The van der Waals surface area contributed by atoms with E-state index in [1.807, 2.05) is 0 Å². The number of nitrogens with two attached hydrogens (primary N) is 1. The first-order valence-corrected chi connectivity index (χ1v) is 8.23. The van der Waals surface area contributed by atoms with Crippen LogP contribution < -0.4 is 20.7 Å². The van der Waals surface area contributed by atoms with Crippen LogP contribution in [0.15, 0.2) is 40.9 Å².